The number of carboxylic acid groups (broad SMARTS) is 1. The number of ether oxygens (including phenoxy) is 1. The molecule has 28 heavy (non-hydrogen) atoms. The quantitative estimate of drug-likeness (QED) is 0.608. The Balaban J connectivity index is 2.22. The Morgan fingerprint density at radius 2 is 1.68 bits per heavy atom. The van der Waals surface area contributed by atoms with Crippen molar-refractivity contribution in [1.29, 1.82) is 0 Å². The first kappa shape index (κ1) is 20.7. The van der Waals surface area contributed by atoms with Crippen LogP contribution in [-0.2, 0) is 9.59 Å². The Morgan fingerprint density at radius 3 is 2.25 bits per heavy atom. The highest BCUT2D eigenvalue weighted by molar-refractivity contribution is 6.05. The summed E-state index contributed by atoms with van der Waals surface area (Å²) in [5, 5.41) is 13.8. The lowest BCUT2D eigenvalue weighted by molar-refractivity contribution is -0.136. The van der Waals surface area contributed by atoms with Crippen molar-refractivity contribution in [3.8, 4) is 5.75 Å². The van der Waals surface area contributed by atoms with Gasteiger partial charge in [0.25, 0.3) is 11.8 Å². The number of nitrogens with one attached hydrogen (secondary N) is 2. The van der Waals surface area contributed by atoms with E-state index in [1.807, 2.05) is 6.92 Å². The summed E-state index contributed by atoms with van der Waals surface area (Å²) in [7, 11) is 1.55. The highest BCUT2D eigenvalue weighted by atomic mass is 16.5. The summed E-state index contributed by atoms with van der Waals surface area (Å²) < 4.78 is 5.10. The van der Waals surface area contributed by atoms with Gasteiger partial charge in [-0.15, -0.1) is 0 Å². The molecular formula is C21H22N2O5. The van der Waals surface area contributed by atoms with Gasteiger partial charge in [0.15, 0.2) is 0 Å². The fourth-order valence-electron chi connectivity index (χ4n) is 2.30. The molecule has 3 N–H and O–H groups in total. The van der Waals surface area contributed by atoms with Crippen LogP contribution >= 0.6 is 0 Å². The average molecular weight is 382 g/mol. The SMILES string of the molecule is COc1ccc(C=C(NC(=O)c2ccc(C)cc2)C(=O)NCCC(=O)O)cc1. The predicted molar refractivity (Wildman–Crippen MR) is 105 cm³/mol. The van der Waals surface area contributed by atoms with Crippen molar-refractivity contribution in [2.24, 2.45) is 0 Å². The molecule has 0 fully saturated rings. The highest BCUT2D eigenvalue weighted by Gasteiger charge is 2.15. The lowest BCUT2D eigenvalue weighted by Gasteiger charge is -2.11. The number of carbonyl (C=O) groups excluding carboxylic acids is 2. The Morgan fingerprint density at radius 1 is 1.04 bits per heavy atom. The zero-order chi connectivity index (χ0) is 20.5. The van der Waals surface area contributed by atoms with Gasteiger partial charge in [0.05, 0.1) is 13.5 Å². The van der Waals surface area contributed by atoms with Crippen LogP contribution in [0.25, 0.3) is 6.08 Å². The standard InChI is InChI=1S/C21H22N2O5/c1-14-3-7-16(8-4-14)20(26)23-18(21(27)22-12-11-19(24)25)13-15-5-9-17(28-2)10-6-15/h3-10,13H,11-12H2,1-2H3,(H,22,27)(H,23,26)(H,24,25). The Labute approximate surface area is 163 Å². The van der Waals surface area contributed by atoms with E-state index in [-0.39, 0.29) is 18.7 Å². The van der Waals surface area contributed by atoms with Crippen LogP contribution in [0.4, 0.5) is 0 Å². The number of amides is 2. The minimum absolute atomic E-state index is 0.0149. The Kier molecular flexibility index (Phi) is 7.33. The van der Waals surface area contributed by atoms with Gasteiger partial charge in [0, 0.05) is 12.1 Å². The number of aryl methyl sites for hydroxylation is 1. The van der Waals surface area contributed by atoms with E-state index in [1.165, 1.54) is 6.08 Å². The zero-order valence-electron chi connectivity index (χ0n) is 15.7. The molecule has 0 saturated heterocycles. The molecule has 0 spiro atoms. The van der Waals surface area contributed by atoms with Crippen molar-refractivity contribution in [2.75, 3.05) is 13.7 Å². The van der Waals surface area contributed by atoms with Gasteiger partial charge in [-0.2, -0.15) is 0 Å². The fraction of sp³-hybridized carbons (Fsp3) is 0.190. The predicted octanol–water partition coefficient (Wildman–Crippen LogP) is 2.37. The molecule has 0 aliphatic carbocycles. The summed E-state index contributed by atoms with van der Waals surface area (Å²) in [5.41, 5.74) is 2.11. The van der Waals surface area contributed by atoms with E-state index in [1.54, 1.807) is 55.6 Å². The molecule has 0 aliphatic heterocycles. The van der Waals surface area contributed by atoms with Crippen LogP contribution in [-0.4, -0.2) is 36.5 Å². The molecule has 2 rings (SSSR count). The number of methoxy groups -OCH3 is 1. The normalized spacial score (nSPS) is 10.9. The minimum Gasteiger partial charge on any atom is -0.497 e. The van der Waals surface area contributed by atoms with E-state index in [2.05, 4.69) is 10.6 Å². The lowest BCUT2D eigenvalue weighted by Crippen LogP contribution is -2.35. The van der Waals surface area contributed by atoms with Gasteiger partial charge >= 0.3 is 5.97 Å². The molecule has 7 heteroatoms. The monoisotopic (exact) mass is 382 g/mol. The zero-order valence-corrected chi connectivity index (χ0v) is 15.7. The molecule has 2 amide bonds. The maximum atomic E-state index is 12.5. The summed E-state index contributed by atoms with van der Waals surface area (Å²) in [6.45, 7) is 1.86. The van der Waals surface area contributed by atoms with Gasteiger partial charge in [-0.25, -0.2) is 0 Å². The Bertz CT molecular complexity index is 871. The van der Waals surface area contributed by atoms with Gasteiger partial charge in [0.2, 0.25) is 0 Å². The van der Waals surface area contributed by atoms with Gasteiger partial charge in [-0.3, -0.25) is 14.4 Å². The second-order valence-electron chi connectivity index (χ2n) is 6.05. The van der Waals surface area contributed by atoms with Crippen LogP contribution in [0.2, 0.25) is 0 Å². The van der Waals surface area contributed by atoms with Crippen LogP contribution in [0, 0.1) is 6.92 Å². The van der Waals surface area contributed by atoms with E-state index in [0.29, 0.717) is 16.9 Å². The van der Waals surface area contributed by atoms with Crippen LogP contribution in [0.1, 0.15) is 27.9 Å². The summed E-state index contributed by atoms with van der Waals surface area (Å²) in [6.07, 6.45) is 1.30. The number of carboxylic acids is 1. The number of carbonyl (C=O) groups is 3. The molecule has 0 heterocycles. The molecule has 7 nitrogen and oxygen atoms in total. The topological polar surface area (TPSA) is 105 Å². The van der Waals surface area contributed by atoms with E-state index in [9.17, 15) is 14.4 Å². The molecule has 0 saturated carbocycles. The smallest absolute Gasteiger partial charge is 0.305 e. The molecule has 0 radical (unpaired) electrons. The molecular weight excluding hydrogens is 360 g/mol. The minimum atomic E-state index is -1.02. The van der Waals surface area contributed by atoms with Crippen molar-refractivity contribution in [3.63, 3.8) is 0 Å². The highest BCUT2D eigenvalue weighted by Crippen LogP contribution is 2.14. The van der Waals surface area contributed by atoms with Gasteiger partial charge in [-0.1, -0.05) is 29.8 Å². The van der Waals surface area contributed by atoms with Crippen molar-refractivity contribution in [3.05, 3.63) is 70.9 Å². The molecule has 0 aromatic heterocycles. The first-order valence-corrected chi connectivity index (χ1v) is 8.63. The first-order chi connectivity index (χ1) is 13.4. The van der Waals surface area contributed by atoms with Gasteiger partial charge in [0.1, 0.15) is 11.4 Å². The van der Waals surface area contributed by atoms with Crippen molar-refractivity contribution >= 4 is 23.9 Å². The summed E-state index contributed by atoms with van der Waals surface area (Å²) in [4.78, 5) is 35.6. The van der Waals surface area contributed by atoms with Crippen LogP contribution in [0.15, 0.2) is 54.2 Å². The number of aliphatic carboxylic acids is 1. The van der Waals surface area contributed by atoms with Crippen molar-refractivity contribution < 1.29 is 24.2 Å². The van der Waals surface area contributed by atoms with Gasteiger partial charge < -0.3 is 20.5 Å². The fourth-order valence-corrected chi connectivity index (χ4v) is 2.30. The maximum absolute atomic E-state index is 12.5. The van der Waals surface area contributed by atoms with Crippen molar-refractivity contribution in [1.82, 2.24) is 10.6 Å². The second-order valence-corrected chi connectivity index (χ2v) is 6.05. The second kappa shape index (κ2) is 9.91. The average Bonchev–Trinajstić information content (AvgIpc) is 2.68. The molecule has 0 aliphatic rings. The number of rotatable bonds is 8. The van der Waals surface area contributed by atoms with E-state index >= 15 is 0 Å². The Hall–Kier alpha value is -3.61. The molecule has 0 unspecified atom stereocenters. The largest absolute Gasteiger partial charge is 0.497 e. The third-order valence-corrected chi connectivity index (χ3v) is 3.86. The third kappa shape index (κ3) is 6.28. The van der Waals surface area contributed by atoms with Crippen LogP contribution in [0.3, 0.4) is 0 Å². The number of hydrogen-bond acceptors (Lipinski definition) is 4. The van der Waals surface area contributed by atoms with E-state index in [0.717, 1.165) is 5.56 Å². The van der Waals surface area contributed by atoms with Crippen LogP contribution < -0.4 is 15.4 Å². The summed E-state index contributed by atoms with van der Waals surface area (Å²) in [6, 6.07) is 13.9. The molecule has 0 bridgehead atoms. The third-order valence-electron chi connectivity index (χ3n) is 3.86. The molecule has 2 aromatic rings. The van der Waals surface area contributed by atoms with E-state index < -0.39 is 17.8 Å². The van der Waals surface area contributed by atoms with Crippen molar-refractivity contribution in [2.45, 2.75) is 13.3 Å². The number of benzene rings is 2. The molecule has 2 aromatic carbocycles. The van der Waals surface area contributed by atoms with E-state index in [4.69, 9.17) is 9.84 Å². The maximum Gasteiger partial charge on any atom is 0.305 e. The first-order valence-electron chi connectivity index (χ1n) is 8.63. The summed E-state index contributed by atoms with van der Waals surface area (Å²) >= 11 is 0. The van der Waals surface area contributed by atoms with Crippen LogP contribution in [0.5, 0.6) is 5.75 Å². The number of hydrogen-bond donors (Lipinski definition) is 3. The van der Waals surface area contributed by atoms with Gasteiger partial charge in [-0.05, 0) is 42.8 Å². The lowest BCUT2D eigenvalue weighted by atomic mass is 10.1. The molecule has 146 valence electrons. The summed E-state index contributed by atoms with van der Waals surface area (Å²) in [5.74, 6) is -1.37. The molecule has 0 atom stereocenters.